The number of nitrogens with zero attached hydrogens (tertiary/aromatic N) is 2. The topological polar surface area (TPSA) is 76.2 Å². The fourth-order valence-electron chi connectivity index (χ4n) is 1.80. The zero-order valence-electron chi connectivity index (χ0n) is 10.7. The molecule has 1 aromatic heterocycles. The van der Waals surface area contributed by atoms with Gasteiger partial charge in [-0.1, -0.05) is 0 Å². The highest BCUT2D eigenvalue weighted by Crippen LogP contribution is 2.24. The van der Waals surface area contributed by atoms with Gasteiger partial charge < -0.3 is 9.52 Å². The first kappa shape index (κ1) is 13.0. The molecular weight excluding hydrogens is 275 g/mol. The summed E-state index contributed by atoms with van der Waals surface area (Å²) < 4.78 is 18.4. The van der Waals surface area contributed by atoms with Crippen LogP contribution in [-0.2, 0) is 0 Å². The van der Waals surface area contributed by atoms with Crippen LogP contribution in [0, 0.1) is 5.82 Å². The highest BCUT2D eigenvalue weighted by molar-refractivity contribution is 5.88. The number of aromatic nitrogens is 2. The number of benzene rings is 2. The molecule has 3 aromatic rings. The lowest BCUT2D eigenvalue weighted by molar-refractivity contribution is 0.0697. The summed E-state index contributed by atoms with van der Waals surface area (Å²) in [4.78, 5) is 10.8. The van der Waals surface area contributed by atoms with E-state index >= 15 is 0 Å². The first-order valence-electron chi connectivity index (χ1n) is 6.06. The summed E-state index contributed by atoms with van der Waals surface area (Å²) in [7, 11) is 0. The van der Waals surface area contributed by atoms with Gasteiger partial charge in [0.25, 0.3) is 0 Å². The highest BCUT2D eigenvalue weighted by atomic mass is 19.1. The lowest BCUT2D eigenvalue weighted by atomic mass is 10.1. The Kier molecular flexibility index (Phi) is 3.19. The molecule has 0 atom stereocenters. The van der Waals surface area contributed by atoms with Crippen LogP contribution in [0.3, 0.4) is 0 Å². The van der Waals surface area contributed by atoms with Gasteiger partial charge in [0.1, 0.15) is 5.82 Å². The molecule has 104 valence electrons. The first-order valence-corrected chi connectivity index (χ1v) is 6.06. The third-order valence-corrected chi connectivity index (χ3v) is 2.89. The van der Waals surface area contributed by atoms with Crippen LogP contribution >= 0.6 is 0 Å². The van der Waals surface area contributed by atoms with Gasteiger partial charge in [0.05, 0.1) is 5.56 Å². The molecule has 0 spiro atoms. The molecule has 0 bridgehead atoms. The maximum atomic E-state index is 12.9. The van der Waals surface area contributed by atoms with Crippen molar-refractivity contribution in [2.75, 3.05) is 0 Å². The van der Waals surface area contributed by atoms with Crippen molar-refractivity contribution in [3.63, 3.8) is 0 Å². The first-order chi connectivity index (χ1) is 10.1. The fraction of sp³-hybridized carbons (Fsp3) is 0. The van der Waals surface area contributed by atoms with Gasteiger partial charge in [-0.05, 0) is 48.5 Å². The molecule has 0 fully saturated rings. The van der Waals surface area contributed by atoms with Gasteiger partial charge >= 0.3 is 5.97 Å². The van der Waals surface area contributed by atoms with E-state index in [2.05, 4.69) is 10.2 Å². The van der Waals surface area contributed by atoms with E-state index < -0.39 is 5.97 Å². The molecule has 1 heterocycles. The monoisotopic (exact) mass is 284 g/mol. The maximum Gasteiger partial charge on any atom is 0.335 e. The van der Waals surface area contributed by atoms with Gasteiger partial charge in [0.2, 0.25) is 11.8 Å². The van der Waals surface area contributed by atoms with Gasteiger partial charge in [-0.3, -0.25) is 0 Å². The van der Waals surface area contributed by atoms with Crippen LogP contribution in [0.25, 0.3) is 22.9 Å². The molecule has 0 aliphatic carbocycles. The van der Waals surface area contributed by atoms with E-state index in [4.69, 9.17) is 9.52 Å². The average Bonchev–Trinajstić information content (AvgIpc) is 2.98. The Labute approximate surface area is 118 Å². The summed E-state index contributed by atoms with van der Waals surface area (Å²) in [6, 6.07) is 11.8. The van der Waals surface area contributed by atoms with Crippen LogP contribution in [0.4, 0.5) is 4.39 Å². The molecule has 0 saturated carbocycles. The van der Waals surface area contributed by atoms with Crippen molar-refractivity contribution in [2.24, 2.45) is 0 Å². The molecular formula is C15H9FN2O3. The largest absolute Gasteiger partial charge is 0.478 e. The third kappa shape index (κ3) is 2.64. The number of carboxylic acid groups (broad SMARTS) is 1. The zero-order valence-corrected chi connectivity index (χ0v) is 10.7. The SMILES string of the molecule is O=C(O)c1ccc(-c2nnc(-c3ccc(F)cc3)o2)cc1. The molecule has 0 aliphatic heterocycles. The van der Waals surface area contributed by atoms with Crippen molar-refractivity contribution < 1.29 is 18.7 Å². The van der Waals surface area contributed by atoms with Gasteiger partial charge in [0.15, 0.2) is 0 Å². The van der Waals surface area contributed by atoms with Crippen LogP contribution in [0.15, 0.2) is 52.9 Å². The maximum absolute atomic E-state index is 12.9. The number of carboxylic acids is 1. The molecule has 5 nitrogen and oxygen atoms in total. The summed E-state index contributed by atoms with van der Waals surface area (Å²) >= 11 is 0. The molecule has 0 unspecified atom stereocenters. The number of halogens is 1. The molecule has 1 N–H and O–H groups in total. The van der Waals surface area contributed by atoms with Crippen LogP contribution in [0.2, 0.25) is 0 Å². The second-order valence-corrected chi connectivity index (χ2v) is 4.30. The molecule has 0 amide bonds. The Balaban J connectivity index is 1.90. The summed E-state index contributed by atoms with van der Waals surface area (Å²) in [6.07, 6.45) is 0. The predicted octanol–water partition coefficient (Wildman–Crippen LogP) is 3.24. The summed E-state index contributed by atoms with van der Waals surface area (Å²) in [5, 5.41) is 16.6. The van der Waals surface area contributed by atoms with Crippen LogP contribution in [0.1, 0.15) is 10.4 Å². The second-order valence-electron chi connectivity index (χ2n) is 4.30. The van der Waals surface area contributed by atoms with E-state index in [0.29, 0.717) is 11.1 Å². The van der Waals surface area contributed by atoms with Gasteiger partial charge in [-0.15, -0.1) is 10.2 Å². The molecule has 21 heavy (non-hydrogen) atoms. The van der Waals surface area contributed by atoms with Crippen LogP contribution < -0.4 is 0 Å². The average molecular weight is 284 g/mol. The van der Waals surface area contributed by atoms with E-state index in [0.717, 1.165) is 0 Å². The van der Waals surface area contributed by atoms with Crippen LogP contribution in [-0.4, -0.2) is 21.3 Å². The standard InChI is InChI=1S/C15H9FN2O3/c16-12-7-5-10(6-8-12)14-18-17-13(21-14)9-1-3-11(4-2-9)15(19)20/h1-8H,(H,19,20). The Morgan fingerprint density at radius 1 is 0.905 bits per heavy atom. The van der Waals surface area contributed by atoms with E-state index in [-0.39, 0.29) is 23.2 Å². The Bertz CT molecular complexity index is 779. The number of hydrogen-bond donors (Lipinski definition) is 1. The third-order valence-electron chi connectivity index (χ3n) is 2.89. The summed E-state index contributed by atoms with van der Waals surface area (Å²) in [5.41, 5.74) is 1.40. The van der Waals surface area contributed by atoms with Crippen molar-refractivity contribution in [1.82, 2.24) is 10.2 Å². The molecule has 6 heteroatoms. The van der Waals surface area contributed by atoms with Gasteiger partial charge in [-0.25, -0.2) is 9.18 Å². The lowest BCUT2D eigenvalue weighted by Gasteiger charge is -1.97. The van der Waals surface area contributed by atoms with Crippen molar-refractivity contribution in [1.29, 1.82) is 0 Å². The molecule has 0 aliphatic rings. The van der Waals surface area contributed by atoms with Crippen molar-refractivity contribution in [3.05, 3.63) is 59.9 Å². The number of hydrogen-bond acceptors (Lipinski definition) is 4. The van der Waals surface area contributed by atoms with Gasteiger partial charge in [-0.2, -0.15) is 0 Å². The second kappa shape index (κ2) is 5.16. The van der Waals surface area contributed by atoms with E-state index in [1.165, 1.54) is 24.3 Å². The molecule has 3 rings (SSSR count). The lowest BCUT2D eigenvalue weighted by Crippen LogP contribution is -1.94. The van der Waals surface area contributed by atoms with E-state index in [1.54, 1.807) is 24.3 Å². The van der Waals surface area contributed by atoms with Crippen molar-refractivity contribution in [2.45, 2.75) is 0 Å². The minimum atomic E-state index is -1.00. The zero-order chi connectivity index (χ0) is 14.8. The number of carbonyl (C=O) groups is 1. The predicted molar refractivity (Wildman–Crippen MR) is 72.1 cm³/mol. The smallest absolute Gasteiger partial charge is 0.335 e. The Morgan fingerprint density at radius 2 is 1.38 bits per heavy atom. The quantitative estimate of drug-likeness (QED) is 0.799. The molecule has 0 saturated heterocycles. The van der Waals surface area contributed by atoms with E-state index in [1.807, 2.05) is 0 Å². The van der Waals surface area contributed by atoms with E-state index in [9.17, 15) is 9.18 Å². The highest BCUT2D eigenvalue weighted by Gasteiger charge is 2.11. The minimum absolute atomic E-state index is 0.178. The Hall–Kier alpha value is -3.02. The Morgan fingerprint density at radius 3 is 1.86 bits per heavy atom. The number of aromatic carboxylic acids is 1. The number of rotatable bonds is 3. The van der Waals surface area contributed by atoms with Gasteiger partial charge in [0, 0.05) is 11.1 Å². The minimum Gasteiger partial charge on any atom is -0.478 e. The van der Waals surface area contributed by atoms with Crippen molar-refractivity contribution in [3.8, 4) is 22.9 Å². The molecule has 2 aromatic carbocycles. The molecule has 0 radical (unpaired) electrons. The van der Waals surface area contributed by atoms with Crippen molar-refractivity contribution >= 4 is 5.97 Å². The summed E-state index contributed by atoms with van der Waals surface area (Å²) in [5.74, 6) is -0.805. The normalized spacial score (nSPS) is 10.5. The van der Waals surface area contributed by atoms with Crippen LogP contribution in [0.5, 0.6) is 0 Å². The fourth-order valence-corrected chi connectivity index (χ4v) is 1.80. The summed E-state index contributed by atoms with van der Waals surface area (Å²) in [6.45, 7) is 0.